The van der Waals surface area contributed by atoms with Crippen molar-refractivity contribution in [2.45, 2.75) is 38.5 Å². The number of benzene rings is 1. The van der Waals surface area contributed by atoms with Crippen molar-refractivity contribution in [3.63, 3.8) is 0 Å². The van der Waals surface area contributed by atoms with Crippen LogP contribution in [0.5, 0.6) is 0 Å². The first kappa shape index (κ1) is 28.7. The third kappa shape index (κ3) is 6.43. The van der Waals surface area contributed by atoms with Crippen LogP contribution in [0.3, 0.4) is 0 Å². The highest BCUT2D eigenvalue weighted by Crippen LogP contribution is 2.38. The second kappa shape index (κ2) is 12.4. The summed E-state index contributed by atoms with van der Waals surface area (Å²) < 4.78 is 35.1. The van der Waals surface area contributed by atoms with Gasteiger partial charge in [-0.15, -0.1) is 0 Å². The number of thiazole rings is 1. The zero-order valence-corrected chi connectivity index (χ0v) is 23.3. The number of nitrogens with zero attached hydrogens (tertiary/aromatic N) is 4. The lowest BCUT2D eigenvalue weighted by molar-refractivity contribution is -0.141. The van der Waals surface area contributed by atoms with Gasteiger partial charge in [0.15, 0.2) is 5.13 Å². The summed E-state index contributed by atoms with van der Waals surface area (Å²) in [6.45, 7) is 1.73. The molecule has 1 N–H and O–H groups in total. The van der Waals surface area contributed by atoms with Crippen molar-refractivity contribution < 1.29 is 33.0 Å². The molecule has 0 bridgehead atoms. The number of amides is 2. The summed E-state index contributed by atoms with van der Waals surface area (Å²) in [5.74, 6) is -2.27. The Hall–Kier alpha value is -3.77. The van der Waals surface area contributed by atoms with E-state index in [0.717, 1.165) is 19.3 Å². The Bertz CT molecular complexity index is 1440. The average molecular weight is 585 g/mol. The number of aromatic nitrogens is 2. The molecule has 2 aromatic heterocycles. The maximum atomic E-state index is 15.4. The second-order valence-corrected chi connectivity index (χ2v) is 11.3. The first-order chi connectivity index (χ1) is 19.7. The van der Waals surface area contributed by atoms with Gasteiger partial charge in [-0.2, -0.15) is 4.39 Å². The van der Waals surface area contributed by atoms with E-state index in [4.69, 9.17) is 4.74 Å². The monoisotopic (exact) mass is 584 g/mol. The van der Waals surface area contributed by atoms with Crippen LogP contribution in [0.1, 0.15) is 38.5 Å². The molecule has 5 rings (SSSR count). The van der Waals surface area contributed by atoms with Gasteiger partial charge in [-0.1, -0.05) is 17.4 Å². The number of carboxylic acid groups (broad SMARTS) is 1. The van der Waals surface area contributed by atoms with Gasteiger partial charge in [0.2, 0.25) is 16.9 Å². The molecule has 0 spiro atoms. The van der Waals surface area contributed by atoms with E-state index in [1.54, 1.807) is 23.2 Å². The molecule has 0 saturated carbocycles. The zero-order chi connectivity index (χ0) is 29.1. The van der Waals surface area contributed by atoms with Gasteiger partial charge in [-0.25, -0.2) is 14.4 Å². The topological polar surface area (TPSA) is 113 Å². The molecule has 2 saturated heterocycles. The molecule has 2 aliphatic heterocycles. The van der Waals surface area contributed by atoms with Gasteiger partial charge in [0.05, 0.1) is 6.42 Å². The number of halogens is 2. The van der Waals surface area contributed by atoms with Crippen LogP contribution in [-0.2, 0) is 19.1 Å². The first-order valence-corrected chi connectivity index (χ1v) is 14.3. The molecule has 4 heterocycles. The van der Waals surface area contributed by atoms with Crippen LogP contribution in [0.2, 0.25) is 0 Å². The van der Waals surface area contributed by atoms with Gasteiger partial charge < -0.3 is 9.84 Å². The molecule has 1 atom stereocenters. The first-order valence-electron chi connectivity index (χ1n) is 13.5. The molecular weight excluding hydrogens is 554 g/mol. The highest BCUT2D eigenvalue weighted by molar-refractivity contribution is 7.14. The van der Waals surface area contributed by atoms with Gasteiger partial charge in [0.1, 0.15) is 17.3 Å². The molecular formula is C29H30F2N4O5S. The Balaban J connectivity index is 1.41. The van der Waals surface area contributed by atoms with E-state index in [9.17, 15) is 23.9 Å². The number of pyridine rings is 1. The molecule has 0 unspecified atom stereocenters. The number of anilines is 2. The largest absolute Gasteiger partial charge is 0.481 e. The third-order valence-electron chi connectivity index (χ3n) is 7.57. The Labute approximate surface area is 239 Å². The molecule has 0 radical (unpaired) electrons. The fraction of sp³-hybridized carbons (Fsp3) is 0.414. The molecule has 41 heavy (non-hydrogen) atoms. The van der Waals surface area contributed by atoms with Gasteiger partial charge in [0, 0.05) is 56.5 Å². The quantitative estimate of drug-likeness (QED) is 0.370. The van der Waals surface area contributed by atoms with Crippen molar-refractivity contribution >= 4 is 40.1 Å². The second-order valence-electron chi connectivity index (χ2n) is 10.3. The predicted octanol–water partition coefficient (Wildman–Crippen LogP) is 5.15. The number of carboxylic acids is 1. The van der Waals surface area contributed by atoms with Crippen LogP contribution >= 0.6 is 11.3 Å². The molecule has 1 aromatic carbocycles. The van der Waals surface area contributed by atoms with Crippen LogP contribution in [0.4, 0.5) is 19.7 Å². The van der Waals surface area contributed by atoms with Crippen molar-refractivity contribution in [2.24, 2.45) is 11.8 Å². The van der Waals surface area contributed by atoms with Gasteiger partial charge in [-0.3, -0.25) is 24.2 Å². The highest BCUT2D eigenvalue weighted by Gasteiger charge is 2.31. The molecule has 12 heteroatoms. The molecule has 2 aliphatic rings. The minimum Gasteiger partial charge on any atom is -0.481 e. The molecule has 2 fully saturated rings. The van der Waals surface area contributed by atoms with Crippen molar-refractivity contribution in [2.75, 3.05) is 36.6 Å². The summed E-state index contributed by atoms with van der Waals surface area (Å²) in [6, 6.07) is 7.37. The maximum Gasteiger partial charge on any atom is 0.304 e. The van der Waals surface area contributed by atoms with Crippen LogP contribution in [-0.4, -0.2) is 59.7 Å². The summed E-state index contributed by atoms with van der Waals surface area (Å²) >= 11 is 0.635. The number of rotatable bonds is 9. The fourth-order valence-electron chi connectivity index (χ4n) is 5.39. The lowest BCUT2D eigenvalue weighted by atomic mass is 9.86. The maximum absolute atomic E-state index is 15.4. The van der Waals surface area contributed by atoms with E-state index in [0.29, 0.717) is 60.9 Å². The zero-order valence-electron chi connectivity index (χ0n) is 22.5. The molecule has 3 aromatic rings. The number of carbonyl (C=O) groups excluding carboxylic acids is 2. The van der Waals surface area contributed by atoms with E-state index in [-0.39, 0.29) is 34.6 Å². The summed E-state index contributed by atoms with van der Waals surface area (Å²) in [5, 5.41) is 8.77. The Morgan fingerprint density at radius 3 is 2.63 bits per heavy atom. The third-order valence-corrected chi connectivity index (χ3v) is 8.49. The van der Waals surface area contributed by atoms with E-state index >= 15 is 4.39 Å². The molecule has 9 nitrogen and oxygen atoms in total. The normalized spacial score (nSPS) is 16.7. The van der Waals surface area contributed by atoms with Gasteiger partial charge in [-0.05, 0) is 61.4 Å². The van der Waals surface area contributed by atoms with Crippen molar-refractivity contribution in [1.29, 1.82) is 0 Å². The SMILES string of the molecule is CN(C(=O)[C@@H](CC(=O)O)CC1CCOCC1)c1nc(-c2cc(F)ccc2-c2ccc(N3CCCC3=O)nc2)c(F)s1. The Morgan fingerprint density at radius 1 is 1.20 bits per heavy atom. The molecule has 216 valence electrons. The van der Waals surface area contributed by atoms with Crippen LogP contribution in [0, 0.1) is 22.8 Å². The summed E-state index contributed by atoms with van der Waals surface area (Å²) in [6.07, 6.45) is 4.32. The molecule has 0 aliphatic carbocycles. The van der Waals surface area contributed by atoms with Crippen molar-refractivity contribution in [1.82, 2.24) is 9.97 Å². The van der Waals surface area contributed by atoms with Crippen LogP contribution in [0.15, 0.2) is 36.5 Å². The van der Waals surface area contributed by atoms with Gasteiger partial charge >= 0.3 is 5.97 Å². The highest BCUT2D eigenvalue weighted by atomic mass is 32.1. The Kier molecular flexibility index (Phi) is 8.69. The average Bonchev–Trinajstić information content (AvgIpc) is 3.57. The summed E-state index contributed by atoms with van der Waals surface area (Å²) in [5.41, 5.74) is 1.11. The van der Waals surface area contributed by atoms with E-state index in [2.05, 4.69) is 9.97 Å². The smallest absolute Gasteiger partial charge is 0.304 e. The van der Waals surface area contributed by atoms with E-state index < -0.39 is 28.7 Å². The predicted molar refractivity (Wildman–Crippen MR) is 150 cm³/mol. The summed E-state index contributed by atoms with van der Waals surface area (Å²) in [4.78, 5) is 48.6. The van der Waals surface area contributed by atoms with Crippen molar-refractivity contribution in [3.8, 4) is 22.4 Å². The number of hydrogen-bond acceptors (Lipinski definition) is 7. The minimum absolute atomic E-state index is 0.00168. The summed E-state index contributed by atoms with van der Waals surface area (Å²) in [7, 11) is 1.44. The standard InChI is InChI=1S/C29H30F2N4O5S/c1-34(28(39)19(14-25(37)38)13-17-8-11-40-12-9-17)29-33-26(27(31)41-29)22-15-20(30)5-6-21(22)18-4-7-23(32-16-18)35-10-2-3-24(35)36/h4-7,15-17,19H,2-3,8-14H2,1H3,(H,37,38)/t19-/m1/s1. The number of carbonyl (C=O) groups is 3. The van der Waals surface area contributed by atoms with E-state index in [1.165, 1.54) is 30.1 Å². The lowest BCUT2D eigenvalue weighted by Gasteiger charge is -2.27. The number of aliphatic carboxylic acids is 1. The van der Waals surface area contributed by atoms with E-state index in [1.807, 2.05) is 0 Å². The van der Waals surface area contributed by atoms with Crippen molar-refractivity contribution in [3.05, 3.63) is 47.5 Å². The fourth-order valence-corrected chi connectivity index (χ4v) is 6.17. The van der Waals surface area contributed by atoms with Gasteiger partial charge in [0.25, 0.3) is 0 Å². The van der Waals surface area contributed by atoms with Crippen LogP contribution < -0.4 is 9.80 Å². The Morgan fingerprint density at radius 2 is 1.98 bits per heavy atom. The molecule has 2 amide bonds. The number of ether oxygens (including phenoxy) is 1. The number of hydrogen-bond donors (Lipinski definition) is 1. The van der Waals surface area contributed by atoms with Crippen LogP contribution in [0.25, 0.3) is 22.4 Å². The lowest BCUT2D eigenvalue weighted by Crippen LogP contribution is -2.35. The minimum atomic E-state index is -1.09.